The molecule has 1 aromatic heterocycles. The third-order valence-corrected chi connectivity index (χ3v) is 2.64. The van der Waals surface area contributed by atoms with Gasteiger partial charge in [0.25, 0.3) is 5.56 Å². The minimum Gasteiger partial charge on any atom is -0.494 e. The lowest BCUT2D eigenvalue weighted by Crippen LogP contribution is -2.29. The predicted octanol–water partition coefficient (Wildman–Crippen LogP) is 0.315. The van der Waals surface area contributed by atoms with E-state index in [0.717, 1.165) is 0 Å². The minimum absolute atomic E-state index is 0.0261. The van der Waals surface area contributed by atoms with Crippen LogP contribution >= 0.6 is 0 Å². The second-order valence-electron chi connectivity index (χ2n) is 4.26. The fraction of sp³-hybridized carbons (Fsp3) is 0.0769. The molecule has 114 valence electrons. The second kappa shape index (κ2) is 6.39. The molecule has 5 N–H and O–H groups in total. The number of aromatic hydroxyl groups is 1. The number of hydrogen-bond acceptors (Lipinski definition) is 5. The minimum atomic E-state index is -0.839. The lowest BCUT2D eigenvalue weighted by atomic mass is 10.2. The van der Waals surface area contributed by atoms with Crippen molar-refractivity contribution in [1.29, 1.82) is 0 Å². The van der Waals surface area contributed by atoms with Gasteiger partial charge >= 0.3 is 11.7 Å². The number of para-hydroxylation sites is 1. The molecule has 0 radical (unpaired) electrons. The zero-order valence-electron chi connectivity index (χ0n) is 11.5. The average molecular weight is 303 g/mol. The Morgan fingerprint density at radius 1 is 1.18 bits per heavy atom. The average Bonchev–Trinajstić information content (AvgIpc) is 2.45. The molecule has 2 amide bonds. The van der Waals surface area contributed by atoms with Gasteiger partial charge in [-0.2, -0.15) is 5.10 Å². The highest BCUT2D eigenvalue weighted by Crippen LogP contribution is 2.06. The van der Waals surface area contributed by atoms with Crippen LogP contribution in [-0.4, -0.2) is 26.8 Å². The van der Waals surface area contributed by atoms with Crippen molar-refractivity contribution in [3.05, 3.63) is 56.7 Å². The van der Waals surface area contributed by atoms with Gasteiger partial charge in [0.1, 0.15) is 5.56 Å². The smallest absolute Gasteiger partial charge is 0.339 e. The van der Waals surface area contributed by atoms with Gasteiger partial charge in [0.15, 0.2) is 0 Å². The number of hydrazone groups is 1. The number of benzene rings is 1. The number of carbonyl (C=O) groups excluding carboxylic acids is 1. The van der Waals surface area contributed by atoms with Gasteiger partial charge in [-0.05, 0) is 19.1 Å². The summed E-state index contributed by atoms with van der Waals surface area (Å²) in [5.74, 6) is -0.625. The van der Waals surface area contributed by atoms with Crippen molar-refractivity contribution >= 4 is 17.4 Å². The van der Waals surface area contributed by atoms with Crippen LogP contribution in [0.15, 0.2) is 45.0 Å². The maximum Gasteiger partial charge on any atom is 0.339 e. The fourth-order valence-corrected chi connectivity index (χ4v) is 1.68. The molecule has 22 heavy (non-hydrogen) atoms. The summed E-state index contributed by atoms with van der Waals surface area (Å²) >= 11 is 0. The summed E-state index contributed by atoms with van der Waals surface area (Å²) in [6.07, 6.45) is 0. The van der Waals surface area contributed by atoms with E-state index in [2.05, 4.69) is 15.8 Å². The number of nitrogens with zero attached hydrogens (tertiary/aromatic N) is 1. The molecule has 9 heteroatoms. The van der Waals surface area contributed by atoms with Gasteiger partial charge in [0.05, 0.1) is 5.71 Å². The molecule has 2 rings (SSSR count). The van der Waals surface area contributed by atoms with Gasteiger partial charge in [-0.15, -0.1) is 0 Å². The van der Waals surface area contributed by atoms with Crippen LogP contribution < -0.4 is 22.0 Å². The molecule has 0 atom stereocenters. The molecule has 0 aliphatic carbocycles. The number of rotatable bonds is 3. The van der Waals surface area contributed by atoms with Crippen LogP contribution in [0.1, 0.15) is 12.5 Å². The highest BCUT2D eigenvalue weighted by Gasteiger charge is 2.12. The van der Waals surface area contributed by atoms with E-state index in [4.69, 9.17) is 0 Å². The second-order valence-corrected chi connectivity index (χ2v) is 4.26. The van der Waals surface area contributed by atoms with Crippen LogP contribution in [0, 0.1) is 0 Å². The maximum atomic E-state index is 11.6. The van der Waals surface area contributed by atoms with E-state index in [9.17, 15) is 19.5 Å². The monoisotopic (exact) mass is 303 g/mol. The van der Waals surface area contributed by atoms with Crippen LogP contribution in [0.3, 0.4) is 0 Å². The normalized spacial score (nSPS) is 11.0. The van der Waals surface area contributed by atoms with E-state index < -0.39 is 23.2 Å². The topological polar surface area (TPSA) is 139 Å². The van der Waals surface area contributed by atoms with Crippen LogP contribution in [0.2, 0.25) is 0 Å². The van der Waals surface area contributed by atoms with Crippen LogP contribution in [-0.2, 0) is 0 Å². The van der Waals surface area contributed by atoms with Gasteiger partial charge in [-0.1, -0.05) is 18.2 Å². The Bertz CT molecular complexity index is 822. The van der Waals surface area contributed by atoms with Gasteiger partial charge < -0.3 is 10.4 Å². The molecule has 1 heterocycles. The Morgan fingerprint density at radius 3 is 2.50 bits per heavy atom. The largest absolute Gasteiger partial charge is 0.494 e. The van der Waals surface area contributed by atoms with Crippen molar-refractivity contribution in [2.45, 2.75) is 6.92 Å². The molecule has 0 saturated carbocycles. The van der Waals surface area contributed by atoms with Gasteiger partial charge in [0.2, 0.25) is 5.88 Å². The zero-order chi connectivity index (χ0) is 16.1. The molecule has 9 nitrogen and oxygen atoms in total. The van der Waals surface area contributed by atoms with Crippen molar-refractivity contribution in [2.75, 3.05) is 5.32 Å². The molecular weight excluding hydrogens is 290 g/mol. The van der Waals surface area contributed by atoms with E-state index in [1.54, 1.807) is 30.3 Å². The third-order valence-electron chi connectivity index (χ3n) is 2.64. The summed E-state index contributed by atoms with van der Waals surface area (Å²) < 4.78 is 0. The lowest BCUT2D eigenvalue weighted by Gasteiger charge is -2.05. The summed E-state index contributed by atoms with van der Waals surface area (Å²) in [7, 11) is 0. The first kappa shape index (κ1) is 15.0. The van der Waals surface area contributed by atoms with Crippen molar-refractivity contribution in [3.63, 3.8) is 0 Å². The number of anilines is 1. The van der Waals surface area contributed by atoms with E-state index in [1.165, 1.54) is 6.92 Å². The Kier molecular flexibility index (Phi) is 4.37. The Labute approximate surface area is 123 Å². The number of nitrogens with one attached hydrogen (secondary N) is 4. The Balaban J connectivity index is 2.12. The first-order chi connectivity index (χ1) is 10.5. The fourth-order valence-electron chi connectivity index (χ4n) is 1.68. The number of H-pyrrole nitrogens is 2. The number of carbonyl (C=O) groups is 1. The van der Waals surface area contributed by atoms with E-state index >= 15 is 0 Å². The van der Waals surface area contributed by atoms with Crippen molar-refractivity contribution in [3.8, 4) is 5.88 Å². The van der Waals surface area contributed by atoms with Crippen LogP contribution in [0.4, 0.5) is 10.5 Å². The SMILES string of the molecule is C/C(=N\NC(=O)Nc1ccccc1)c1c(O)[nH]c(=O)[nH]c1=O. The highest BCUT2D eigenvalue weighted by atomic mass is 16.3. The van der Waals surface area contributed by atoms with E-state index in [1.807, 2.05) is 9.97 Å². The quantitative estimate of drug-likeness (QED) is 0.411. The van der Waals surface area contributed by atoms with Crippen molar-refractivity contribution in [2.24, 2.45) is 5.10 Å². The van der Waals surface area contributed by atoms with Crippen LogP contribution in [0.5, 0.6) is 5.88 Å². The Morgan fingerprint density at radius 2 is 1.86 bits per heavy atom. The Hall–Kier alpha value is -3.36. The van der Waals surface area contributed by atoms with Crippen LogP contribution in [0.25, 0.3) is 0 Å². The molecule has 2 aromatic rings. The van der Waals surface area contributed by atoms with Gasteiger partial charge in [-0.25, -0.2) is 15.0 Å². The number of hydrogen-bond donors (Lipinski definition) is 5. The van der Waals surface area contributed by atoms with Crippen molar-refractivity contribution < 1.29 is 9.90 Å². The molecule has 1 aromatic carbocycles. The number of amides is 2. The molecule has 0 fully saturated rings. The molecule has 0 saturated heterocycles. The summed E-state index contributed by atoms with van der Waals surface area (Å²) in [5.41, 5.74) is 0.886. The van der Waals surface area contributed by atoms with Gasteiger partial charge in [-0.3, -0.25) is 14.8 Å². The summed E-state index contributed by atoms with van der Waals surface area (Å²) in [5, 5.41) is 15.8. The number of aromatic nitrogens is 2. The lowest BCUT2D eigenvalue weighted by molar-refractivity contribution is 0.252. The first-order valence-electron chi connectivity index (χ1n) is 6.19. The summed E-state index contributed by atoms with van der Waals surface area (Å²) in [6, 6.07) is 8.06. The van der Waals surface area contributed by atoms with E-state index in [-0.39, 0.29) is 11.3 Å². The molecule has 0 aliphatic rings. The highest BCUT2D eigenvalue weighted by molar-refractivity contribution is 6.01. The number of urea groups is 1. The zero-order valence-corrected chi connectivity index (χ0v) is 11.5. The molecule has 0 aliphatic heterocycles. The van der Waals surface area contributed by atoms with E-state index in [0.29, 0.717) is 5.69 Å². The number of aromatic amines is 2. The van der Waals surface area contributed by atoms with Crippen molar-refractivity contribution in [1.82, 2.24) is 15.4 Å². The molecule has 0 spiro atoms. The van der Waals surface area contributed by atoms with Gasteiger partial charge in [0, 0.05) is 5.69 Å². The molecule has 0 unspecified atom stereocenters. The molecular formula is C13H13N5O4. The summed E-state index contributed by atoms with van der Waals surface area (Å²) in [4.78, 5) is 38.2. The maximum absolute atomic E-state index is 11.6. The summed E-state index contributed by atoms with van der Waals surface area (Å²) in [6.45, 7) is 1.39. The predicted molar refractivity (Wildman–Crippen MR) is 80.2 cm³/mol. The molecule has 0 bridgehead atoms. The standard InChI is InChI=1S/C13H13N5O4/c1-7(9-10(19)15-12(21)16-11(9)20)17-18-13(22)14-8-5-3-2-4-6-8/h2-6H,1H3,(H2,14,18,22)(H3,15,16,19,20,21)/b17-7+. The third kappa shape index (κ3) is 3.60. The first-order valence-corrected chi connectivity index (χ1v) is 6.19.